The van der Waals surface area contributed by atoms with Crippen LogP contribution in [-0.2, 0) is 9.53 Å². The summed E-state index contributed by atoms with van der Waals surface area (Å²) in [5.74, 6) is 0.926. The number of anilines is 2. The van der Waals surface area contributed by atoms with E-state index >= 15 is 0 Å². The van der Waals surface area contributed by atoms with Gasteiger partial charge in [0.2, 0.25) is 5.91 Å². The first kappa shape index (κ1) is 16.3. The molecule has 0 heterocycles. The summed E-state index contributed by atoms with van der Waals surface area (Å²) in [4.78, 5) is 11.7. The van der Waals surface area contributed by atoms with E-state index in [4.69, 9.17) is 15.2 Å². The largest absolute Gasteiger partial charge is 0.497 e. The van der Waals surface area contributed by atoms with Gasteiger partial charge in [-0.1, -0.05) is 20.3 Å². The highest BCUT2D eigenvalue weighted by Gasteiger charge is 2.08. The topological polar surface area (TPSA) is 73.6 Å². The zero-order valence-corrected chi connectivity index (χ0v) is 12.4. The van der Waals surface area contributed by atoms with Crippen LogP contribution in [0.3, 0.4) is 0 Å². The minimum absolute atomic E-state index is 0.0412. The molecule has 1 aromatic carbocycles. The number of nitrogens with one attached hydrogen (secondary N) is 1. The standard InChI is InChI=1S/C15H24N2O3/c1-4-5-11(2)9-20-10-15(18)17-14-7-6-12(19-3)8-13(14)16/h6-8,11H,4-5,9-10,16H2,1-3H3,(H,17,18). The van der Waals surface area contributed by atoms with Gasteiger partial charge in [-0.3, -0.25) is 4.79 Å². The van der Waals surface area contributed by atoms with E-state index in [1.54, 1.807) is 25.3 Å². The maximum atomic E-state index is 11.7. The molecule has 0 aliphatic carbocycles. The van der Waals surface area contributed by atoms with Gasteiger partial charge in [0.15, 0.2) is 0 Å². The second-order valence-electron chi connectivity index (χ2n) is 4.91. The number of ether oxygens (including phenoxy) is 2. The van der Waals surface area contributed by atoms with E-state index in [0.29, 0.717) is 29.6 Å². The van der Waals surface area contributed by atoms with Crippen LogP contribution in [0, 0.1) is 5.92 Å². The van der Waals surface area contributed by atoms with Crippen molar-refractivity contribution in [3.05, 3.63) is 18.2 Å². The van der Waals surface area contributed by atoms with Gasteiger partial charge in [-0.2, -0.15) is 0 Å². The highest BCUT2D eigenvalue weighted by Crippen LogP contribution is 2.23. The van der Waals surface area contributed by atoms with Crippen LogP contribution in [0.4, 0.5) is 11.4 Å². The van der Waals surface area contributed by atoms with Crippen molar-refractivity contribution in [1.29, 1.82) is 0 Å². The van der Waals surface area contributed by atoms with Crippen molar-refractivity contribution in [2.75, 3.05) is 31.4 Å². The molecule has 1 rings (SSSR count). The zero-order valence-electron chi connectivity index (χ0n) is 12.4. The fourth-order valence-electron chi connectivity index (χ4n) is 1.90. The van der Waals surface area contributed by atoms with E-state index in [0.717, 1.165) is 12.8 Å². The summed E-state index contributed by atoms with van der Waals surface area (Å²) >= 11 is 0. The normalized spacial score (nSPS) is 11.9. The fourth-order valence-corrected chi connectivity index (χ4v) is 1.90. The number of methoxy groups -OCH3 is 1. The second-order valence-corrected chi connectivity index (χ2v) is 4.91. The monoisotopic (exact) mass is 280 g/mol. The number of nitrogens with two attached hydrogens (primary N) is 1. The van der Waals surface area contributed by atoms with Crippen LogP contribution in [0.5, 0.6) is 5.75 Å². The lowest BCUT2D eigenvalue weighted by molar-refractivity contribution is -0.121. The lowest BCUT2D eigenvalue weighted by atomic mass is 10.1. The van der Waals surface area contributed by atoms with Crippen molar-refractivity contribution in [1.82, 2.24) is 0 Å². The average molecular weight is 280 g/mol. The maximum absolute atomic E-state index is 11.7. The molecule has 3 N–H and O–H groups in total. The molecule has 5 nitrogen and oxygen atoms in total. The predicted octanol–water partition coefficient (Wildman–Crippen LogP) is 2.67. The van der Waals surface area contributed by atoms with Crippen molar-refractivity contribution < 1.29 is 14.3 Å². The number of hydrogen-bond donors (Lipinski definition) is 2. The van der Waals surface area contributed by atoms with E-state index in [1.165, 1.54) is 0 Å². The van der Waals surface area contributed by atoms with Crippen LogP contribution in [0.1, 0.15) is 26.7 Å². The van der Waals surface area contributed by atoms with Crippen molar-refractivity contribution in [3.63, 3.8) is 0 Å². The summed E-state index contributed by atoms with van der Waals surface area (Å²) in [5, 5.41) is 2.72. The number of nitrogen functional groups attached to an aromatic ring is 1. The predicted molar refractivity (Wildman–Crippen MR) is 80.9 cm³/mol. The molecular formula is C15H24N2O3. The van der Waals surface area contributed by atoms with Crippen LogP contribution >= 0.6 is 0 Å². The van der Waals surface area contributed by atoms with Gasteiger partial charge >= 0.3 is 0 Å². The van der Waals surface area contributed by atoms with Gasteiger partial charge in [-0.05, 0) is 24.5 Å². The number of carbonyl (C=O) groups is 1. The minimum Gasteiger partial charge on any atom is -0.497 e. The minimum atomic E-state index is -0.203. The van der Waals surface area contributed by atoms with Crippen LogP contribution in [0.2, 0.25) is 0 Å². The number of rotatable bonds is 8. The third-order valence-corrected chi connectivity index (χ3v) is 2.95. The van der Waals surface area contributed by atoms with E-state index in [-0.39, 0.29) is 12.5 Å². The quantitative estimate of drug-likeness (QED) is 0.718. The van der Waals surface area contributed by atoms with E-state index in [1.807, 2.05) is 0 Å². The van der Waals surface area contributed by atoms with Crippen molar-refractivity contribution in [2.24, 2.45) is 5.92 Å². The highest BCUT2D eigenvalue weighted by atomic mass is 16.5. The SMILES string of the molecule is CCCC(C)COCC(=O)Nc1ccc(OC)cc1N. The van der Waals surface area contributed by atoms with Crippen LogP contribution in [0.25, 0.3) is 0 Å². The van der Waals surface area contributed by atoms with Gasteiger partial charge in [0, 0.05) is 12.7 Å². The Balaban J connectivity index is 2.39. The van der Waals surface area contributed by atoms with Crippen LogP contribution in [-0.4, -0.2) is 26.2 Å². The summed E-state index contributed by atoms with van der Waals surface area (Å²) in [6.07, 6.45) is 2.23. The first-order valence-corrected chi connectivity index (χ1v) is 6.88. The highest BCUT2D eigenvalue weighted by molar-refractivity contribution is 5.94. The molecule has 1 atom stereocenters. The molecule has 1 amide bonds. The van der Waals surface area contributed by atoms with Crippen LogP contribution in [0.15, 0.2) is 18.2 Å². The van der Waals surface area contributed by atoms with Gasteiger partial charge in [-0.15, -0.1) is 0 Å². The van der Waals surface area contributed by atoms with Crippen molar-refractivity contribution >= 4 is 17.3 Å². The van der Waals surface area contributed by atoms with Crippen molar-refractivity contribution in [2.45, 2.75) is 26.7 Å². The van der Waals surface area contributed by atoms with Gasteiger partial charge < -0.3 is 20.5 Å². The van der Waals surface area contributed by atoms with Gasteiger partial charge in [0.25, 0.3) is 0 Å². The molecule has 0 fully saturated rings. The lowest BCUT2D eigenvalue weighted by Crippen LogP contribution is -2.20. The summed E-state index contributed by atoms with van der Waals surface area (Å²) in [5.41, 5.74) is 6.87. The molecule has 0 radical (unpaired) electrons. The summed E-state index contributed by atoms with van der Waals surface area (Å²) in [7, 11) is 1.57. The molecule has 0 aromatic heterocycles. The Kier molecular flexibility index (Phi) is 6.87. The molecule has 0 aliphatic heterocycles. The first-order valence-electron chi connectivity index (χ1n) is 6.88. The summed E-state index contributed by atoms with van der Waals surface area (Å²) < 4.78 is 10.4. The fraction of sp³-hybridized carbons (Fsp3) is 0.533. The zero-order chi connectivity index (χ0) is 15.0. The molecule has 0 aliphatic rings. The van der Waals surface area contributed by atoms with Gasteiger partial charge in [-0.25, -0.2) is 0 Å². The Labute approximate surface area is 120 Å². The van der Waals surface area contributed by atoms with Crippen LogP contribution < -0.4 is 15.8 Å². The smallest absolute Gasteiger partial charge is 0.250 e. The number of hydrogen-bond acceptors (Lipinski definition) is 4. The molecule has 20 heavy (non-hydrogen) atoms. The Bertz CT molecular complexity index is 435. The average Bonchev–Trinajstić information content (AvgIpc) is 2.41. The second kappa shape index (κ2) is 8.43. The lowest BCUT2D eigenvalue weighted by Gasteiger charge is -2.12. The molecule has 1 aromatic rings. The summed E-state index contributed by atoms with van der Waals surface area (Å²) in [6, 6.07) is 5.13. The molecule has 0 spiro atoms. The molecule has 0 saturated carbocycles. The Hall–Kier alpha value is -1.75. The number of amides is 1. The third kappa shape index (κ3) is 5.48. The number of benzene rings is 1. The maximum Gasteiger partial charge on any atom is 0.250 e. The van der Waals surface area contributed by atoms with E-state index < -0.39 is 0 Å². The molecule has 0 bridgehead atoms. The molecular weight excluding hydrogens is 256 g/mol. The first-order chi connectivity index (χ1) is 9.56. The van der Waals surface area contributed by atoms with Crippen molar-refractivity contribution in [3.8, 4) is 5.75 Å². The molecule has 0 saturated heterocycles. The molecule has 1 unspecified atom stereocenters. The van der Waals surface area contributed by atoms with E-state index in [9.17, 15) is 4.79 Å². The third-order valence-electron chi connectivity index (χ3n) is 2.95. The molecule has 5 heteroatoms. The number of carbonyl (C=O) groups excluding carboxylic acids is 1. The molecule has 112 valence electrons. The van der Waals surface area contributed by atoms with Gasteiger partial charge in [0.05, 0.1) is 18.5 Å². The van der Waals surface area contributed by atoms with E-state index in [2.05, 4.69) is 19.2 Å². The Morgan fingerprint density at radius 1 is 1.45 bits per heavy atom. The summed E-state index contributed by atoms with van der Waals surface area (Å²) in [6.45, 7) is 4.89. The van der Waals surface area contributed by atoms with Gasteiger partial charge in [0.1, 0.15) is 12.4 Å². The Morgan fingerprint density at radius 2 is 2.20 bits per heavy atom. The Morgan fingerprint density at radius 3 is 2.80 bits per heavy atom.